The van der Waals surface area contributed by atoms with Crippen LogP contribution in [0.1, 0.15) is 58.3 Å². The summed E-state index contributed by atoms with van der Waals surface area (Å²) in [5.74, 6) is -0.298. The van der Waals surface area contributed by atoms with E-state index in [-0.39, 0.29) is 18.1 Å². The second-order valence-corrected chi connectivity index (χ2v) is 7.60. The van der Waals surface area contributed by atoms with Crippen molar-refractivity contribution < 1.29 is 19.1 Å². The molecule has 150 valence electrons. The minimum atomic E-state index is -0.471. The van der Waals surface area contributed by atoms with Gasteiger partial charge in [0.05, 0.1) is 18.2 Å². The second-order valence-electron chi connectivity index (χ2n) is 7.60. The van der Waals surface area contributed by atoms with Crippen LogP contribution in [0.2, 0.25) is 0 Å². The van der Waals surface area contributed by atoms with Gasteiger partial charge in [-0.05, 0) is 58.4 Å². The fourth-order valence-corrected chi connectivity index (χ4v) is 3.53. The van der Waals surface area contributed by atoms with Crippen molar-refractivity contribution in [1.82, 2.24) is 4.90 Å². The molecule has 3 rings (SSSR count). The fourth-order valence-electron chi connectivity index (χ4n) is 3.53. The normalized spacial score (nSPS) is 20.8. The number of likely N-dealkylation sites (tertiary alicyclic amines) is 1. The molecule has 2 atom stereocenters. The van der Waals surface area contributed by atoms with Crippen molar-refractivity contribution in [2.24, 2.45) is 0 Å². The monoisotopic (exact) mass is 376 g/mol. The first-order chi connectivity index (χ1) is 12.8. The fraction of sp³-hybridized carbons (Fsp3) is 0.619. The molecule has 0 aromatic heterocycles. The number of esters is 1. The van der Waals surface area contributed by atoms with Crippen LogP contribution in [0, 0.1) is 0 Å². The lowest BCUT2D eigenvalue weighted by atomic mass is 10.1. The minimum Gasteiger partial charge on any atom is -0.462 e. The third kappa shape index (κ3) is 4.93. The van der Waals surface area contributed by atoms with Crippen LogP contribution in [0.15, 0.2) is 24.3 Å². The van der Waals surface area contributed by atoms with Crippen molar-refractivity contribution in [2.45, 2.75) is 65.6 Å². The molecule has 27 heavy (non-hydrogen) atoms. The molecule has 2 heterocycles. The summed E-state index contributed by atoms with van der Waals surface area (Å²) in [4.78, 5) is 28.2. The minimum absolute atomic E-state index is 0.185. The number of fused-ring (bicyclic) bond motifs is 2. The molecule has 2 unspecified atom stereocenters. The topological polar surface area (TPSA) is 59.1 Å². The van der Waals surface area contributed by atoms with Gasteiger partial charge in [0.15, 0.2) is 0 Å². The number of ether oxygens (including phenoxy) is 2. The molecule has 2 aliphatic heterocycles. The Labute approximate surface area is 162 Å². The van der Waals surface area contributed by atoms with Gasteiger partial charge in [0, 0.05) is 24.8 Å². The number of amides is 1. The summed E-state index contributed by atoms with van der Waals surface area (Å²) >= 11 is 0. The summed E-state index contributed by atoms with van der Waals surface area (Å²) in [5, 5.41) is 0. The Bertz CT molecular complexity index is 651. The molecule has 0 radical (unpaired) electrons. The van der Waals surface area contributed by atoms with Gasteiger partial charge in [-0.3, -0.25) is 0 Å². The maximum Gasteiger partial charge on any atom is 0.410 e. The zero-order chi connectivity index (χ0) is 20.2. The number of carbonyl (C=O) groups excluding carboxylic acids is 2. The van der Waals surface area contributed by atoms with E-state index in [1.807, 2.05) is 51.7 Å². The van der Waals surface area contributed by atoms with Crippen molar-refractivity contribution in [3.63, 3.8) is 0 Å². The van der Waals surface area contributed by atoms with E-state index >= 15 is 0 Å². The van der Waals surface area contributed by atoms with Crippen LogP contribution < -0.4 is 4.90 Å². The smallest absolute Gasteiger partial charge is 0.410 e. The Morgan fingerprint density at radius 3 is 2.19 bits per heavy atom. The average molecular weight is 376 g/mol. The van der Waals surface area contributed by atoms with E-state index < -0.39 is 5.60 Å². The third-order valence-corrected chi connectivity index (χ3v) is 4.58. The van der Waals surface area contributed by atoms with E-state index in [4.69, 9.17) is 9.47 Å². The number of hydrogen-bond donors (Lipinski definition) is 0. The van der Waals surface area contributed by atoms with Gasteiger partial charge in [0.25, 0.3) is 0 Å². The van der Waals surface area contributed by atoms with E-state index in [1.54, 1.807) is 19.1 Å². The molecule has 1 amide bonds. The number of hydrogen-bond acceptors (Lipinski definition) is 5. The van der Waals surface area contributed by atoms with Crippen LogP contribution >= 0.6 is 0 Å². The highest BCUT2D eigenvalue weighted by Crippen LogP contribution is 2.35. The first-order valence-corrected chi connectivity index (χ1v) is 9.82. The lowest BCUT2D eigenvalue weighted by molar-refractivity contribution is 0.0214. The van der Waals surface area contributed by atoms with E-state index in [0.29, 0.717) is 24.8 Å². The molecule has 2 bridgehead atoms. The van der Waals surface area contributed by atoms with Crippen LogP contribution in [0.5, 0.6) is 0 Å². The molecule has 6 nitrogen and oxygen atoms in total. The standard InChI is InChI=1S/C19H26N2O4.C2H6/c1-5-24-17(22)13-6-8-14(9-7-13)20-11-16-10-15(20)12-21(16)18(23)25-19(2,3)4;1-2/h6-9,15-16H,5,10-12H2,1-4H3;1-2H3. The van der Waals surface area contributed by atoms with Crippen molar-refractivity contribution in [1.29, 1.82) is 0 Å². The van der Waals surface area contributed by atoms with Crippen LogP contribution in [-0.4, -0.2) is 54.3 Å². The molecule has 6 heteroatoms. The van der Waals surface area contributed by atoms with Crippen LogP contribution in [0.3, 0.4) is 0 Å². The van der Waals surface area contributed by atoms with Crippen molar-refractivity contribution in [2.75, 3.05) is 24.6 Å². The van der Waals surface area contributed by atoms with Gasteiger partial charge in [0.1, 0.15) is 5.60 Å². The molecule has 0 spiro atoms. The molecule has 0 N–H and O–H groups in total. The maximum atomic E-state index is 12.3. The first kappa shape index (κ1) is 21.1. The second kappa shape index (κ2) is 8.63. The summed E-state index contributed by atoms with van der Waals surface area (Å²) in [6, 6.07) is 7.97. The molecule has 0 aliphatic carbocycles. The number of carbonyl (C=O) groups is 2. The Balaban J connectivity index is 0.00000126. The SMILES string of the molecule is CC.CCOC(=O)c1ccc(N2CC3CC2CN3C(=O)OC(C)(C)C)cc1. The largest absolute Gasteiger partial charge is 0.462 e. The van der Waals surface area contributed by atoms with Crippen LogP contribution in [-0.2, 0) is 9.47 Å². The van der Waals surface area contributed by atoms with Crippen LogP contribution in [0.4, 0.5) is 10.5 Å². The molecule has 0 saturated carbocycles. The molecule has 2 aliphatic rings. The number of anilines is 1. The number of benzene rings is 1. The Kier molecular flexibility index (Phi) is 6.73. The molecule has 1 aromatic carbocycles. The summed E-state index contributed by atoms with van der Waals surface area (Å²) in [6.45, 7) is 13.3. The maximum absolute atomic E-state index is 12.3. The summed E-state index contributed by atoms with van der Waals surface area (Å²) in [5.41, 5.74) is 1.16. The predicted molar refractivity (Wildman–Crippen MR) is 106 cm³/mol. The van der Waals surface area contributed by atoms with Gasteiger partial charge in [-0.2, -0.15) is 0 Å². The molecule has 2 saturated heterocycles. The van der Waals surface area contributed by atoms with Crippen molar-refractivity contribution in [3.05, 3.63) is 29.8 Å². The average Bonchev–Trinajstić information content (AvgIpc) is 3.23. The van der Waals surface area contributed by atoms with Gasteiger partial charge >= 0.3 is 12.1 Å². The Hall–Kier alpha value is -2.24. The van der Waals surface area contributed by atoms with Crippen molar-refractivity contribution >= 4 is 17.7 Å². The Morgan fingerprint density at radius 1 is 1.07 bits per heavy atom. The lowest BCUT2D eigenvalue weighted by Crippen LogP contribution is -2.50. The molecular weight excluding hydrogens is 344 g/mol. The van der Waals surface area contributed by atoms with E-state index in [1.165, 1.54) is 0 Å². The number of nitrogens with zero attached hydrogens (tertiary/aromatic N) is 2. The predicted octanol–water partition coefficient (Wildman–Crippen LogP) is 4.09. The van der Waals surface area contributed by atoms with E-state index in [2.05, 4.69) is 4.90 Å². The van der Waals surface area contributed by atoms with Gasteiger partial charge < -0.3 is 19.3 Å². The van der Waals surface area contributed by atoms with Gasteiger partial charge in [-0.1, -0.05) is 13.8 Å². The quantitative estimate of drug-likeness (QED) is 0.744. The summed E-state index contributed by atoms with van der Waals surface area (Å²) in [6.07, 6.45) is 0.732. The van der Waals surface area contributed by atoms with Crippen molar-refractivity contribution in [3.8, 4) is 0 Å². The van der Waals surface area contributed by atoms with E-state index in [0.717, 1.165) is 18.7 Å². The number of rotatable bonds is 3. The number of piperazine rings is 1. The lowest BCUT2D eigenvalue weighted by Gasteiger charge is -2.36. The highest BCUT2D eigenvalue weighted by Gasteiger charge is 2.46. The molecular formula is C21H32N2O4. The van der Waals surface area contributed by atoms with Gasteiger partial charge in [0.2, 0.25) is 0 Å². The van der Waals surface area contributed by atoms with Gasteiger partial charge in [-0.15, -0.1) is 0 Å². The molecule has 1 aromatic rings. The van der Waals surface area contributed by atoms with Crippen LogP contribution in [0.25, 0.3) is 0 Å². The van der Waals surface area contributed by atoms with E-state index in [9.17, 15) is 9.59 Å². The molecule has 2 fully saturated rings. The first-order valence-electron chi connectivity index (χ1n) is 9.82. The highest BCUT2D eigenvalue weighted by atomic mass is 16.6. The highest BCUT2D eigenvalue weighted by molar-refractivity contribution is 5.89. The zero-order valence-corrected chi connectivity index (χ0v) is 17.3. The summed E-state index contributed by atoms with van der Waals surface area (Å²) in [7, 11) is 0. The summed E-state index contributed by atoms with van der Waals surface area (Å²) < 4.78 is 10.5. The zero-order valence-electron chi connectivity index (χ0n) is 17.3. The Morgan fingerprint density at radius 2 is 1.70 bits per heavy atom. The third-order valence-electron chi connectivity index (χ3n) is 4.58. The van der Waals surface area contributed by atoms with Gasteiger partial charge in [-0.25, -0.2) is 9.59 Å².